The molecule has 0 spiro atoms. The van der Waals surface area contributed by atoms with Crippen LogP contribution in [0.4, 0.5) is 22.7 Å². The highest BCUT2D eigenvalue weighted by atomic mass is 28.3. The second-order valence-electron chi connectivity index (χ2n) is 17.6. The third-order valence-electron chi connectivity index (χ3n) is 12.6. The van der Waals surface area contributed by atoms with E-state index in [0.717, 1.165) is 78.7 Å². The van der Waals surface area contributed by atoms with Crippen LogP contribution in [-0.4, -0.2) is 20.3 Å². The van der Waals surface area contributed by atoms with Gasteiger partial charge in [-0.25, -0.2) is 0 Å². The van der Waals surface area contributed by atoms with Crippen LogP contribution in [0.1, 0.15) is 24.0 Å². The van der Waals surface area contributed by atoms with E-state index in [-0.39, 0.29) is 12.2 Å². The monoisotopic (exact) mass is 822 g/mol. The van der Waals surface area contributed by atoms with E-state index < -0.39 is 8.07 Å². The quantitative estimate of drug-likeness (QED) is 0.0958. The number of ether oxygens (including phenoxy) is 2. The molecule has 0 aliphatic carbocycles. The SMILES string of the molecule is C=C1c2ccc3c4c(ccc(c24)OC1CC(=C)N(c1ccccc1)c1ccccc1)C(=C)C(CC(=C)N(c1ccc([Si](C)(C)C)cc1)c1cc2ccccc2c2ccccc12)O3. The molecule has 0 N–H and O–H groups in total. The molecule has 10 rings (SSSR count). The minimum Gasteiger partial charge on any atom is -0.485 e. The fraction of sp³-hybridized carbons (Fsp3) is 0.123. The van der Waals surface area contributed by atoms with Gasteiger partial charge >= 0.3 is 0 Å². The fourth-order valence-electron chi connectivity index (χ4n) is 9.39. The Kier molecular flexibility index (Phi) is 9.73. The maximum absolute atomic E-state index is 6.98. The summed E-state index contributed by atoms with van der Waals surface area (Å²) in [5, 5.41) is 8.25. The summed E-state index contributed by atoms with van der Waals surface area (Å²) in [5.74, 6) is 1.62. The number of hydrogen-bond acceptors (Lipinski definition) is 4. The van der Waals surface area contributed by atoms with Crippen LogP contribution in [0, 0.1) is 0 Å². The van der Waals surface area contributed by atoms with Crippen LogP contribution in [-0.2, 0) is 0 Å². The number of para-hydroxylation sites is 2. The normalized spacial score (nSPS) is 15.6. The van der Waals surface area contributed by atoms with E-state index in [0.29, 0.717) is 12.8 Å². The Bertz CT molecular complexity index is 3050. The van der Waals surface area contributed by atoms with E-state index in [4.69, 9.17) is 22.6 Å². The largest absolute Gasteiger partial charge is 0.485 e. The van der Waals surface area contributed by atoms with Gasteiger partial charge in [-0.2, -0.15) is 0 Å². The average molecular weight is 823 g/mol. The molecular weight excluding hydrogens is 773 g/mol. The molecular formula is C57H50N2O2Si. The van der Waals surface area contributed by atoms with Crippen molar-refractivity contribution in [3.05, 3.63) is 213 Å². The molecule has 0 saturated carbocycles. The van der Waals surface area contributed by atoms with Gasteiger partial charge in [0, 0.05) is 57.5 Å². The van der Waals surface area contributed by atoms with Crippen LogP contribution in [0.3, 0.4) is 0 Å². The van der Waals surface area contributed by atoms with Crippen LogP contribution in [0.15, 0.2) is 202 Å². The first-order chi connectivity index (χ1) is 30.0. The van der Waals surface area contributed by atoms with Crippen molar-refractivity contribution in [3.63, 3.8) is 0 Å². The highest BCUT2D eigenvalue weighted by Gasteiger charge is 2.34. The van der Waals surface area contributed by atoms with Gasteiger partial charge in [0.2, 0.25) is 0 Å². The molecule has 4 nitrogen and oxygen atoms in total. The molecule has 0 fully saturated rings. The van der Waals surface area contributed by atoms with Gasteiger partial charge in [-0.15, -0.1) is 0 Å². The lowest BCUT2D eigenvalue weighted by Crippen LogP contribution is -2.37. The summed E-state index contributed by atoms with van der Waals surface area (Å²) in [7, 11) is -1.52. The second-order valence-corrected chi connectivity index (χ2v) is 22.7. The molecule has 2 unspecified atom stereocenters. The first-order valence-electron chi connectivity index (χ1n) is 21.4. The summed E-state index contributed by atoms with van der Waals surface area (Å²) in [6.07, 6.45) is 0.456. The highest BCUT2D eigenvalue weighted by molar-refractivity contribution is 6.88. The minimum absolute atomic E-state index is 0.301. The minimum atomic E-state index is -1.52. The molecule has 2 heterocycles. The Morgan fingerprint density at radius 1 is 0.500 bits per heavy atom. The molecule has 0 saturated heterocycles. The summed E-state index contributed by atoms with van der Waals surface area (Å²) < 4.78 is 13.8. The lowest BCUT2D eigenvalue weighted by molar-refractivity contribution is 0.252. The van der Waals surface area contributed by atoms with Gasteiger partial charge in [0.15, 0.2) is 0 Å². The molecule has 2 atom stereocenters. The summed E-state index contributed by atoms with van der Waals surface area (Å²) in [4.78, 5) is 4.53. The van der Waals surface area contributed by atoms with Gasteiger partial charge in [0.25, 0.3) is 0 Å². The van der Waals surface area contributed by atoms with Gasteiger partial charge in [-0.05, 0) is 93.0 Å². The third-order valence-corrected chi connectivity index (χ3v) is 14.6. The molecule has 8 aromatic rings. The van der Waals surface area contributed by atoms with Crippen molar-refractivity contribution in [3.8, 4) is 11.5 Å². The highest BCUT2D eigenvalue weighted by Crippen LogP contribution is 2.51. The van der Waals surface area contributed by atoms with Crippen LogP contribution in [0.25, 0.3) is 43.5 Å². The third kappa shape index (κ3) is 6.79. The van der Waals surface area contributed by atoms with E-state index in [1.54, 1.807) is 0 Å². The number of benzene rings is 8. The van der Waals surface area contributed by atoms with E-state index in [1.165, 1.54) is 26.7 Å². The predicted octanol–water partition coefficient (Wildman–Crippen LogP) is 14.7. The Hall–Kier alpha value is -7.08. The van der Waals surface area contributed by atoms with Crippen molar-refractivity contribution < 1.29 is 9.47 Å². The maximum Gasteiger partial charge on any atom is 0.129 e. The van der Waals surface area contributed by atoms with Gasteiger partial charge in [-0.1, -0.05) is 160 Å². The molecule has 0 aromatic heterocycles. The molecule has 5 heteroatoms. The standard InChI is InChI=1S/C57H50N2O2Si/c1-37(58(42-19-10-8-11-20-42)43-21-12-9-13-22-43)34-54-39(3)46-30-33-53-57-47(31-32-52(60-54)56(46)57)40(4)55(61-53)35-38(2)59(44-26-28-45(29-27-44)62(5,6)7)51-36-41-18-14-15-23-48(41)49-24-16-17-25-50(49)51/h8-33,36,54-55H,1-4,34-35H2,5-7H3. The topological polar surface area (TPSA) is 24.9 Å². The van der Waals surface area contributed by atoms with Crippen molar-refractivity contribution in [1.82, 2.24) is 0 Å². The zero-order valence-corrected chi connectivity index (χ0v) is 36.7. The number of fused-ring (bicyclic) bond motifs is 3. The van der Waals surface area contributed by atoms with Crippen LogP contribution in [0.2, 0.25) is 19.6 Å². The van der Waals surface area contributed by atoms with E-state index in [2.05, 4.69) is 194 Å². The Morgan fingerprint density at radius 3 is 1.48 bits per heavy atom. The van der Waals surface area contributed by atoms with Crippen molar-refractivity contribution in [2.24, 2.45) is 0 Å². The lowest BCUT2D eigenvalue weighted by atomic mass is 9.85. The lowest BCUT2D eigenvalue weighted by Gasteiger charge is -2.36. The second kappa shape index (κ2) is 15.4. The van der Waals surface area contributed by atoms with Crippen molar-refractivity contribution in [2.45, 2.75) is 44.7 Å². The molecule has 2 aliphatic rings. The zero-order valence-electron chi connectivity index (χ0n) is 35.7. The summed E-state index contributed by atoms with van der Waals surface area (Å²) >= 11 is 0. The number of nitrogens with zero attached hydrogens (tertiary/aromatic N) is 2. The molecule has 304 valence electrons. The molecule has 0 amide bonds. The molecule has 62 heavy (non-hydrogen) atoms. The van der Waals surface area contributed by atoms with Gasteiger partial charge < -0.3 is 19.3 Å². The Labute approximate surface area is 366 Å². The van der Waals surface area contributed by atoms with E-state index in [1.807, 2.05) is 12.1 Å². The van der Waals surface area contributed by atoms with Crippen molar-refractivity contribution in [1.29, 1.82) is 0 Å². The molecule has 0 radical (unpaired) electrons. The summed E-state index contributed by atoms with van der Waals surface area (Å²) in [6.45, 7) is 25.9. The maximum atomic E-state index is 6.98. The predicted molar refractivity (Wildman–Crippen MR) is 266 cm³/mol. The molecule has 8 aromatic carbocycles. The van der Waals surface area contributed by atoms with Crippen LogP contribution in [0.5, 0.6) is 11.5 Å². The van der Waals surface area contributed by atoms with Crippen molar-refractivity contribution >= 4 is 79.5 Å². The first-order valence-corrected chi connectivity index (χ1v) is 24.9. The molecule has 0 bridgehead atoms. The van der Waals surface area contributed by atoms with E-state index >= 15 is 0 Å². The van der Waals surface area contributed by atoms with Crippen molar-refractivity contribution in [2.75, 3.05) is 9.80 Å². The Morgan fingerprint density at radius 2 is 0.952 bits per heavy atom. The summed E-state index contributed by atoms with van der Waals surface area (Å²) in [6, 6.07) is 57.9. The zero-order chi connectivity index (χ0) is 42.7. The Balaban J connectivity index is 0.966. The number of hydrogen-bond donors (Lipinski definition) is 0. The smallest absolute Gasteiger partial charge is 0.129 e. The number of rotatable bonds is 11. The van der Waals surface area contributed by atoms with Crippen LogP contribution < -0.4 is 24.5 Å². The number of anilines is 4. The average Bonchev–Trinajstić information content (AvgIpc) is 3.28. The first kappa shape index (κ1) is 39.1. The summed E-state index contributed by atoms with van der Waals surface area (Å²) in [5.41, 5.74) is 10.1. The fourth-order valence-corrected chi connectivity index (χ4v) is 10.6. The van der Waals surface area contributed by atoms with Crippen LogP contribution >= 0.6 is 0 Å². The van der Waals surface area contributed by atoms with E-state index in [9.17, 15) is 0 Å². The molecule has 2 aliphatic heterocycles. The van der Waals surface area contributed by atoms with Gasteiger partial charge in [-0.3, -0.25) is 0 Å². The van der Waals surface area contributed by atoms with Gasteiger partial charge in [0.1, 0.15) is 23.7 Å². The van der Waals surface area contributed by atoms with Gasteiger partial charge in [0.05, 0.1) is 13.8 Å².